The summed E-state index contributed by atoms with van der Waals surface area (Å²) in [7, 11) is 1.47. The fourth-order valence-corrected chi connectivity index (χ4v) is 3.36. The zero-order chi connectivity index (χ0) is 22.5. The molecule has 8 heteroatoms. The number of likely N-dealkylation sites (N-methyl/N-ethyl adjacent to an activating group) is 1. The second-order valence-corrected chi connectivity index (χ2v) is 7.31. The number of carboxylic acid groups (broad SMARTS) is 1. The molecule has 0 aromatic heterocycles. The van der Waals surface area contributed by atoms with Crippen LogP contribution in [0.3, 0.4) is 0 Å². The van der Waals surface area contributed by atoms with Crippen molar-refractivity contribution in [1.29, 1.82) is 0 Å². The lowest BCUT2D eigenvalue weighted by Gasteiger charge is -2.25. The molecule has 0 bridgehead atoms. The summed E-state index contributed by atoms with van der Waals surface area (Å²) < 4.78 is 0. The fraction of sp³-hybridized carbons (Fsp3) is 0.217. The van der Waals surface area contributed by atoms with Crippen LogP contribution in [-0.2, 0) is 14.4 Å². The summed E-state index contributed by atoms with van der Waals surface area (Å²) in [5, 5.41) is 14.2. The SMILES string of the molecule is Cc1ccccc1-c1ccc([C@H](CC(=O)O)NC(=O)NC2C(=O)C=CN(C)C2=O)cc1. The molecule has 3 N–H and O–H groups in total. The fourth-order valence-electron chi connectivity index (χ4n) is 3.36. The second-order valence-electron chi connectivity index (χ2n) is 7.31. The normalized spacial score (nSPS) is 16.7. The van der Waals surface area contributed by atoms with Crippen LogP contribution in [0.15, 0.2) is 60.8 Å². The minimum absolute atomic E-state index is 0.358. The van der Waals surface area contributed by atoms with Crippen molar-refractivity contribution in [2.24, 2.45) is 0 Å². The van der Waals surface area contributed by atoms with Gasteiger partial charge in [-0.2, -0.15) is 0 Å². The van der Waals surface area contributed by atoms with Crippen LogP contribution in [0, 0.1) is 6.92 Å². The Balaban J connectivity index is 1.76. The highest BCUT2D eigenvalue weighted by Crippen LogP contribution is 2.26. The van der Waals surface area contributed by atoms with Gasteiger partial charge in [0.05, 0.1) is 12.5 Å². The van der Waals surface area contributed by atoms with Crippen molar-refractivity contribution >= 4 is 23.7 Å². The third-order valence-electron chi connectivity index (χ3n) is 5.07. The first-order valence-corrected chi connectivity index (χ1v) is 9.70. The molecule has 2 atom stereocenters. The number of aliphatic carboxylic acids is 1. The molecule has 1 unspecified atom stereocenters. The van der Waals surface area contributed by atoms with Crippen LogP contribution in [0.5, 0.6) is 0 Å². The minimum atomic E-state index is -1.34. The molecule has 31 heavy (non-hydrogen) atoms. The minimum Gasteiger partial charge on any atom is -0.481 e. The Morgan fingerprint density at radius 3 is 2.42 bits per heavy atom. The summed E-state index contributed by atoms with van der Waals surface area (Å²) in [6.45, 7) is 2.00. The van der Waals surface area contributed by atoms with Gasteiger partial charge >= 0.3 is 12.0 Å². The Kier molecular flexibility index (Phi) is 6.49. The number of amides is 3. The van der Waals surface area contributed by atoms with Crippen molar-refractivity contribution in [2.45, 2.75) is 25.4 Å². The summed E-state index contributed by atoms with van der Waals surface area (Å²) in [6, 6.07) is 12.1. The van der Waals surface area contributed by atoms with Crippen molar-refractivity contribution in [2.75, 3.05) is 7.05 Å². The monoisotopic (exact) mass is 421 g/mol. The van der Waals surface area contributed by atoms with Gasteiger partial charge in [0.15, 0.2) is 11.8 Å². The van der Waals surface area contributed by atoms with Gasteiger partial charge in [0, 0.05) is 19.3 Å². The molecule has 0 aliphatic carbocycles. The van der Waals surface area contributed by atoms with Crippen LogP contribution < -0.4 is 10.6 Å². The Morgan fingerprint density at radius 1 is 1.10 bits per heavy atom. The van der Waals surface area contributed by atoms with E-state index in [4.69, 9.17) is 0 Å². The van der Waals surface area contributed by atoms with E-state index in [0.717, 1.165) is 16.7 Å². The van der Waals surface area contributed by atoms with E-state index in [1.54, 1.807) is 12.1 Å². The average Bonchev–Trinajstić information content (AvgIpc) is 2.74. The molecule has 160 valence electrons. The Morgan fingerprint density at radius 2 is 1.77 bits per heavy atom. The van der Waals surface area contributed by atoms with E-state index in [2.05, 4.69) is 10.6 Å². The highest BCUT2D eigenvalue weighted by molar-refractivity contribution is 6.14. The van der Waals surface area contributed by atoms with Gasteiger partial charge in [-0.25, -0.2) is 4.79 Å². The Labute approximate surface area is 179 Å². The maximum atomic E-state index is 12.4. The third-order valence-corrected chi connectivity index (χ3v) is 5.07. The van der Waals surface area contributed by atoms with Gasteiger partial charge in [-0.1, -0.05) is 48.5 Å². The maximum absolute atomic E-state index is 12.4. The van der Waals surface area contributed by atoms with Crippen LogP contribution in [-0.4, -0.2) is 46.8 Å². The highest BCUT2D eigenvalue weighted by Gasteiger charge is 2.32. The summed E-state index contributed by atoms with van der Waals surface area (Å²) in [4.78, 5) is 49.1. The van der Waals surface area contributed by atoms with Crippen LogP contribution in [0.2, 0.25) is 0 Å². The molecule has 1 heterocycles. The number of nitrogens with one attached hydrogen (secondary N) is 2. The van der Waals surface area contributed by atoms with E-state index in [0.29, 0.717) is 5.56 Å². The van der Waals surface area contributed by atoms with Crippen LogP contribution in [0.25, 0.3) is 11.1 Å². The molecule has 1 aliphatic heterocycles. The van der Waals surface area contributed by atoms with Crippen LogP contribution >= 0.6 is 0 Å². The molecule has 0 spiro atoms. The lowest BCUT2D eigenvalue weighted by atomic mass is 9.97. The first-order chi connectivity index (χ1) is 14.8. The summed E-state index contributed by atoms with van der Waals surface area (Å²) >= 11 is 0. The van der Waals surface area contributed by atoms with Gasteiger partial charge in [-0.3, -0.25) is 14.4 Å². The number of carboxylic acids is 1. The smallest absolute Gasteiger partial charge is 0.316 e. The molecule has 0 radical (unpaired) electrons. The van der Waals surface area contributed by atoms with Gasteiger partial charge in [0.2, 0.25) is 0 Å². The number of nitrogens with zero attached hydrogens (tertiary/aromatic N) is 1. The Bertz CT molecular complexity index is 1050. The number of carbonyl (C=O) groups excluding carboxylic acids is 3. The molecule has 0 saturated carbocycles. The molecule has 2 aromatic carbocycles. The number of ketones is 1. The van der Waals surface area contributed by atoms with Crippen LogP contribution in [0.4, 0.5) is 4.79 Å². The quantitative estimate of drug-likeness (QED) is 0.620. The van der Waals surface area contributed by atoms with Crippen molar-refractivity contribution < 1.29 is 24.3 Å². The van der Waals surface area contributed by atoms with E-state index < -0.39 is 35.8 Å². The molecule has 3 amide bonds. The van der Waals surface area contributed by atoms with E-state index in [1.165, 1.54) is 24.2 Å². The maximum Gasteiger partial charge on any atom is 0.316 e. The number of hydrogen-bond acceptors (Lipinski definition) is 4. The van der Waals surface area contributed by atoms with Gasteiger partial charge < -0.3 is 20.6 Å². The summed E-state index contributed by atoms with van der Waals surface area (Å²) in [5.41, 5.74) is 3.72. The van der Waals surface area contributed by atoms with Crippen molar-refractivity contribution in [3.05, 3.63) is 71.9 Å². The topological polar surface area (TPSA) is 116 Å². The molecule has 2 aromatic rings. The van der Waals surface area contributed by atoms with Crippen molar-refractivity contribution in [3.63, 3.8) is 0 Å². The lowest BCUT2D eigenvalue weighted by molar-refractivity contribution is -0.138. The lowest BCUT2D eigenvalue weighted by Crippen LogP contribution is -2.55. The first-order valence-electron chi connectivity index (χ1n) is 9.70. The first kappa shape index (κ1) is 21.8. The van der Waals surface area contributed by atoms with E-state index in [1.807, 2.05) is 43.3 Å². The van der Waals surface area contributed by atoms with Crippen molar-refractivity contribution in [1.82, 2.24) is 15.5 Å². The number of hydrogen-bond donors (Lipinski definition) is 3. The Hall–Kier alpha value is -3.94. The summed E-state index contributed by atoms with van der Waals surface area (Å²) in [5.74, 6) is -2.21. The van der Waals surface area contributed by atoms with Crippen molar-refractivity contribution in [3.8, 4) is 11.1 Å². The zero-order valence-corrected chi connectivity index (χ0v) is 17.2. The van der Waals surface area contributed by atoms with E-state index >= 15 is 0 Å². The zero-order valence-electron chi connectivity index (χ0n) is 17.2. The van der Waals surface area contributed by atoms with Gasteiger partial charge in [0.25, 0.3) is 5.91 Å². The second kappa shape index (κ2) is 9.25. The largest absolute Gasteiger partial charge is 0.481 e. The summed E-state index contributed by atoms with van der Waals surface area (Å²) in [6.07, 6.45) is 2.17. The standard InChI is InChI=1S/C23H23N3O5/c1-14-5-3-4-6-17(14)15-7-9-16(10-8-15)18(13-20(28)29)24-23(31)25-21-19(27)11-12-26(2)22(21)30/h3-12,18,21H,13H2,1-2H3,(H,28,29)(H2,24,25,31)/t18-,21?/m0/s1. The molecule has 0 fully saturated rings. The molecule has 0 saturated heterocycles. The average molecular weight is 421 g/mol. The molecule has 8 nitrogen and oxygen atoms in total. The number of urea groups is 1. The third kappa shape index (κ3) is 5.16. The predicted molar refractivity (Wildman–Crippen MR) is 114 cm³/mol. The molecular formula is C23H23N3O5. The molecule has 3 rings (SSSR count). The van der Waals surface area contributed by atoms with E-state index in [9.17, 15) is 24.3 Å². The number of rotatable bonds is 6. The van der Waals surface area contributed by atoms with Gasteiger partial charge in [-0.05, 0) is 29.2 Å². The van der Waals surface area contributed by atoms with Gasteiger partial charge in [0.1, 0.15) is 0 Å². The van der Waals surface area contributed by atoms with Gasteiger partial charge in [-0.15, -0.1) is 0 Å². The van der Waals surface area contributed by atoms with E-state index in [-0.39, 0.29) is 6.42 Å². The molecule has 1 aliphatic rings. The molecular weight excluding hydrogens is 398 g/mol. The highest BCUT2D eigenvalue weighted by atomic mass is 16.4. The number of benzene rings is 2. The number of aryl methyl sites for hydroxylation is 1. The predicted octanol–water partition coefficient (Wildman–Crippen LogP) is 2.40. The van der Waals surface area contributed by atoms with Crippen LogP contribution in [0.1, 0.15) is 23.6 Å². The number of carbonyl (C=O) groups is 4.